The van der Waals surface area contributed by atoms with E-state index in [2.05, 4.69) is 28.9 Å². The lowest BCUT2D eigenvalue weighted by Gasteiger charge is -2.07. The van der Waals surface area contributed by atoms with Crippen LogP contribution in [0.2, 0.25) is 0 Å². The molecular formula is C11H16N2. The normalized spacial score (nSPS) is 10.6. The molecule has 0 aliphatic carbocycles. The summed E-state index contributed by atoms with van der Waals surface area (Å²) in [7, 11) is 2.02. The van der Waals surface area contributed by atoms with Gasteiger partial charge in [-0.25, -0.2) is 0 Å². The zero-order valence-electron chi connectivity index (χ0n) is 8.27. The number of benzene rings is 1. The number of nitrogens with zero attached hydrogens (tertiary/aromatic N) is 2. The van der Waals surface area contributed by atoms with Gasteiger partial charge in [-0.15, -0.1) is 0 Å². The standard InChI is InChI=1S/C11H16N2/c1-3-13(2)10-12-9-11-7-5-4-6-8-11/h4-8,10H,3,9H2,1-2H3. The Hall–Kier alpha value is -1.31. The predicted molar refractivity (Wildman–Crippen MR) is 56.9 cm³/mol. The summed E-state index contributed by atoms with van der Waals surface area (Å²) < 4.78 is 0. The van der Waals surface area contributed by atoms with Crippen molar-refractivity contribution in [2.45, 2.75) is 13.5 Å². The second-order valence-corrected chi connectivity index (χ2v) is 3.01. The lowest BCUT2D eigenvalue weighted by atomic mass is 10.2. The molecule has 0 aliphatic rings. The van der Waals surface area contributed by atoms with Crippen molar-refractivity contribution >= 4 is 6.34 Å². The molecule has 0 aliphatic heterocycles. The van der Waals surface area contributed by atoms with Crippen molar-refractivity contribution in [1.29, 1.82) is 0 Å². The quantitative estimate of drug-likeness (QED) is 0.507. The summed E-state index contributed by atoms with van der Waals surface area (Å²) in [6.07, 6.45) is 1.88. The molecular weight excluding hydrogens is 160 g/mol. The molecule has 0 atom stereocenters. The van der Waals surface area contributed by atoms with Crippen LogP contribution in [0.5, 0.6) is 0 Å². The van der Waals surface area contributed by atoms with E-state index in [1.54, 1.807) is 0 Å². The third kappa shape index (κ3) is 3.74. The third-order valence-corrected chi connectivity index (χ3v) is 1.89. The highest BCUT2D eigenvalue weighted by Crippen LogP contribution is 1.99. The van der Waals surface area contributed by atoms with Crippen molar-refractivity contribution < 1.29 is 0 Å². The minimum atomic E-state index is 0.769. The first-order valence-electron chi connectivity index (χ1n) is 4.57. The highest BCUT2D eigenvalue weighted by Gasteiger charge is 1.87. The van der Waals surface area contributed by atoms with Gasteiger partial charge >= 0.3 is 0 Å². The molecule has 1 rings (SSSR count). The molecule has 0 fully saturated rings. The smallest absolute Gasteiger partial charge is 0.0851 e. The van der Waals surface area contributed by atoms with E-state index < -0.39 is 0 Å². The Balaban J connectivity index is 2.39. The highest BCUT2D eigenvalue weighted by atomic mass is 15.1. The zero-order chi connectivity index (χ0) is 9.52. The molecule has 0 bridgehead atoms. The minimum absolute atomic E-state index is 0.769. The van der Waals surface area contributed by atoms with E-state index in [-0.39, 0.29) is 0 Å². The van der Waals surface area contributed by atoms with Crippen LogP contribution in [0, 0.1) is 0 Å². The second kappa shape index (κ2) is 5.36. The van der Waals surface area contributed by atoms with E-state index in [1.807, 2.05) is 31.6 Å². The summed E-state index contributed by atoms with van der Waals surface area (Å²) in [5, 5.41) is 0. The highest BCUT2D eigenvalue weighted by molar-refractivity contribution is 5.54. The molecule has 2 heteroatoms. The van der Waals surface area contributed by atoms with Gasteiger partial charge in [0.15, 0.2) is 0 Å². The van der Waals surface area contributed by atoms with Crippen LogP contribution in [0.3, 0.4) is 0 Å². The van der Waals surface area contributed by atoms with Gasteiger partial charge in [0, 0.05) is 13.6 Å². The van der Waals surface area contributed by atoms with Gasteiger partial charge in [0.25, 0.3) is 0 Å². The first kappa shape index (κ1) is 9.78. The fraction of sp³-hybridized carbons (Fsp3) is 0.364. The molecule has 0 aromatic heterocycles. The van der Waals surface area contributed by atoms with E-state index in [1.165, 1.54) is 5.56 Å². The number of rotatable bonds is 4. The molecule has 0 heterocycles. The largest absolute Gasteiger partial charge is 0.366 e. The molecule has 0 saturated carbocycles. The first-order chi connectivity index (χ1) is 6.33. The Bertz CT molecular complexity index is 254. The van der Waals surface area contributed by atoms with Crippen LogP contribution in [0.4, 0.5) is 0 Å². The molecule has 0 spiro atoms. The summed E-state index contributed by atoms with van der Waals surface area (Å²) in [5.41, 5.74) is 1.25. The minimum Gasteiger partial charge on any atom is -0.366 e. The van der Waals surface area contributed by atoms with Gasteiger partial charge in [-0.05, 0) is 12.5 Å². The van der Waals surface area contributed by atoms with E-state index in [0.29, 0.717) is 0 Å². The number of aliphatic imine (C=N–C) groups is 1. The van der Waals surface area contributed by atoms with Crippen LogP contribution in [0.1, 0.15) is 12.5 Å². The predicted octanol–water partition coefficient (Wildman–Crippen LogP) is 2.17. The van der Waals surface area contributed by atoms with Gasteiger partial charge in [0.05, 0.1) is 12.9 Å². The van der Waals surface area contributed by atoms with Crippen LogP contribution < -0.4 is 0 Å². The lowest BCUT2D eigenvalue weighted by Crippen LogP contribution is -2.14. The first-order valence-corrected chi connectivity index (χ1v) is 4.57. The van der Waals surface area contributed by atoms with E-state index in [9.17, 15) is 0 Å². The second-order valence-electron chi connectivity index (χ2n) is 3.01. The summed E-state index contributed by atoms with van der Waals surface area (Å²) in [4.78, 5) is 6.37. The average molecular weight is 176 g/mol. The average Bonchev–Trinajstić information content (AvgIpc) is 2.19. The van der Waals surface area contributed by atoms with Crippen LogP contribution in [-0.4, -0.2) is 24.8 Å². The van der Waals surface area contributed by atoms with Crippen LogP contribution in [0.15, 0.2) is 35.3 Å². The SMILES string of the molecule is CCN(C)C=NCc1ccccc1. The molecule has 0 saturated heterocycles. The molecule has 0 amide bonds. The summed E-state index contributed by atoms with van der Waals surface area (Å²) in [5.74, 6) is 0. The van der Waals surface area contributed by atoms with Gasteiger partial charge < -0.3 is 4.90 Å². The monoisotopic (exact) mass is 176 g/mol. The van der Waals surface area contributed by atoms with Crippen molar-refractivity contribution in [1.82, 2.24) is 4.90 Å². The molecule has 0 unspecified atom stereocenters. The van der Waals surface area contributed by atoms with Gasteiger partial charge in [-0.1, -0.05) is 30.3 Å². The van der Waals surface area contributed by atoms with Crippen LogP contribution in [-0.2, 0) is 6.54 Å². The van der Waals surface area contributed by atoms with Gasteiger partial charge in [0.2, 0.25) is 0 Å². The van der Waals surface area contributed by atoms with E-state index in [4.69, 9.17) is 0 Å². The van der Waals surface area contributed by atoms with Crippen molar-refractivity contribution in [2.75, 3.05) is 13.6 Å². The van der Waals surface area contributed by atoms with E-state index in [0.717, 1.165) is 13.1 Å². The molecule has 13 heavy (non-hydrogen) atoms. The Kier molecular flexibility index (Phi) is 4.03. The van der Waals surface area contributed by atoms with Gasteiger partial charge in [-0.3, -0.25) is 4.99 Å². The summed E-state index contributed by atoms with van der Waals surface area (Å²) >= 11 is 0. The Morgan fingerprint density at radius 1 is 1.31 bits per heavy atom. The maximum atomic E-state index is 4.31. The van der Waals surface area contributed by atoms with Gasteiger partial charge in [-0.2, -0.15) is 0 Å². The maximum absolute atomic E-state index is 4.31. The lowest BCUT2D eigenvalue weighted by molar-refractivity contribution is 0.549. The topological polar surface area (TPSA) is 15.6 Å². The Morgan fingerprint density at radius 3 is 2.62 bits per heavy atom. The van der Waals surface area contributed by atoms with Crippen molar-refractivity contribution in [2.24, 2.45) is 4.99 Å². The molecule has 0 N–H and O–H groups in total. The van der Waals surface area contributed by atoms with Crippen LogP contribution >= 0.6 is 0 Å². The molecule has 70 valence electrons. The Labute approximate surface area is 79.9 Å². The third-order valence-electron chi connectivity index (χ3n) is 1.89. The Morgan fingerprint density at radius 2 is 2.00 bits per heavy atom. The summed E-state index contributed by atoms with van der Waals surface area (Å²) in [6.45, 7) is 3.87. The van der Waals surface area contributed by atoms with Crippen molar-refractivity contribution in [3.8, 4) is 0 Å². The molecule has 0 radical (unpaired) electrons. The molecule has 1 aromatic carbocycles. The fourth-order valence-corrected chi connectivity index (χ4v) is 0.951. The molecule has 2 nitrogen and oxygen atoms in total. The van der Waals surface area contributed by atoms with Crippen molar-refractivity contribution in [3.05, 3.63) is 35.9 Å². The maximum Gasteiger partial charge on any atom is 0.0851 e. The number of hydrogen-bond acceptors (Lipinski definition) is 1. The zero-order valence-corrected chi connectivity index (χ0v) is 8.27. The van der Waals surface area contributed by atoms with Crippen molar-refractivity contribution in [3.63, 3.8) is 0 Å². The number of hydrogen-bond donors (Lipinski definition) is 0. The fourth-order valence-electron chi connectivity index (χ4n) is 0.951. The summed E-state index contributed by atoms with van der Waals surface area (Å²) in [6, 6.07) is 10.3. The van der Waals surface area contributed by atoms with Gasteiger partial charge in [0.1, 0.15) is 0 Å². The van der Waals surface area contributed by atoms with E-state index >= 15 is 0 Å². The molecule has 1 aromatic rings. The van der Waals surface area contributed by atoms with Crippen LogP contribution in [0.25, 0.3) is 0 Å².